The molecule has 2 aliphatic heterocycles. The van der Waals surface area contributed by atoms with Gasteiger partial charge in [-0.15, -0.1) is 0 Å². The lowest BCUT2D eigenvalue weighted by Gasteiger charge is -2.42. The number of piperazine rings is 1. The third kappa shape index (κ3) is 1.41. The van der Waals surface area contributed by atoms with Crippen LogP contribution in [-0.4, -0.2) is 37.3 Å². The van der Waals surface area contributed by atoms with E-state index in [9.17, 15) is 5.11 Å². The summed E-state index contributed by atoms with van der Waals surface area (Å²) in [6, 6.07) is 6.09. The number of fused-ring (bicyclic) bond motifs is 3. The number of aromatic hydroxyl groups is 1. The zero-order valence-corrected chi connectivity index (χ0v) is 8.53. The van der Waals surface area contributed by atoms with Gasteiger partial charge in [-0.1, -0.05) is 0 Å². The van der Waals surface area contributed by atoms with Crippen LogP contribution in [-0.2, 0) is 0 Å². The Kier molecular flexibility index (Phi) is 1.95. The topological polar surface area (TPSA) is 47.5 Å². The zero-order chi connectivity index (χ0) is 10.3. The van der Waals surface area contributed by atoms with E-state index in [1.54, 1.807) is 12.1 Å². The molecule has 1 aromatic carbocycles. The second-order valence-corrected chi connectivity index (χ2v) is 4.13. The van der Waals surface area contributed by atoms with E-state index in [0.29, 0.717) is 11.8 Å². The largest absolute Gasteiger partial charge is 0.508 e. The molecule has 0 bridgehead atoms. The van der Waals surface area contributed by atoms with Crippen molar-refractivity contribution >= 4 is 11.4 Å². The van der Waals surface area contributed by atoms with Gasteiger partial charge in [0.05, 0.1) is 17.4 Å². The van der Waals surface area contributed by atoms with Crippen molar-refractivity contribution < 1.29 is 5.11 Å². The van der Waals surface area contributed by atoms with Gasteiger partial charge in [-0.2, -0.15) is 0 Å². The first-order chi connectivity index (χ1) is 7.34. The van der Waals surface area contributed by atoms with Crippen molar-refractivity contribution in [1.29, 1.82) is 0 Å². The van der Waals surface area contributed by atoms with Gasteiger partial charge in [-0.05, 0) is 12.1 Å². The van der Waals surface area contributed by atoms with Gasteiger partial charge in [0.1, 0.15) is 5.75 Å². The number of phenolic OH excluding ortho intramolecular Hbond substituents is 1. The molecule has 1 unspecified atom stereocenters. The molecule has 4 heteroatoms. The van der Waals surface area contributed by atoms with Crippen LogP contribution in [0.25, 0.3) is 0 Å². The zero-order valence-electron chi connectivity index (χ0n) is 8.53. The molecule has 2 heterocycles. The number of nitrogens with zero attached hydrogens (tertiary/aromatic N) is 1. The van der Waals surface area contributed by atoms with Crippen molar-refractivity contribution in [1.82, 2.24) is 5.32 Å². The van der Waals surface area contributed by atoms with Crippen molar-refractivity contribution in [3.05, 3.63) is 18.2 Å². The molecule has 1 aromatic rings. The van der Waals surface area contributed by atoms with Gasteiger partial charge >= 0.3 is 0 Å². The number of hydrogen-bond acceptors (Lipinski definition) is 4. The van der Waals surface area contributed by atoms with E-state index < -0.39 is 0 Å². The van der Waals surface area contributed by atoms with Gasteiger partial charge < -0.3 is 20.6 Å². The summed E-state index contributed by atoms with van der Waals surface area (Å²) in [6.07, 6.45) is 0. The first kappa shape index (κ1) is 8.85. The predicted molar refractivity (Wildman–Crippen MR) is 60.6 cm³/mol. The maximum atomic E-state index is 9.41. The molecule has 1 saturated heterocycles. The molecule has 3 N–H and O–H groups in total. The Balaban J connectivity index is 1.99. The molecule has 0 aromatic heterocycles. The average Bonchev–Trinajstić information content (AvgIpc) is 2.28. The highest BCUT2D eigenvalue weighted by Gasteiger charge is 2.27. The molecule has 2 aliphatic rings. The second-order valence-electron chi connectivity index (χ2n) is 4.13. The SMILES string of the molecule is Oc1ccc2c(c1)NCC1CNCCN21. The van der Waals surface area contributed by atoms with E-state index in [1.807, 2.05) is 6.07 Å². The number of anilines is 2. The van der Waals surface area contributed by atoms with Crippen LogP contribution in [0.15, 0.2) is 18.2 Å². The Labute approximate surface area is 88.9 Å². The molecule has 0 radical (unpaired) electrons. The third-order valence-corrected chi connectivity index (χ3v) is 3.17. The van der Waals surface area contributed by atoms with Crippen LogP contribution in [0.5, 0.6) is 5.75 Å². The van der Waals surface area contributed by atoms with Crippen LogP contribution in [0.1, 0.15) is 0 Å². The van der Waals surface area contributed by atoms with Gasteiger partial charge in [-0.25, -0.2) is 0 Å². The Morgan fingerprint density at radius 3 is 3.20 bits per heavy atom. The van der Waals surface area contributed by atoms with E-state index in [0.717, 1.165) is 31.9 Å². The lowest BCUT2D eigenvalue weighted by molar-refractivity contribution is 0.470. The fourth-order valence-corrected chi connectivity index (χ4v) is 2.40. The van der Waals surface area contributed by atoms with E-state index in [1.165, 1.54) is 5.69 Å². The summed E-state index contributed by atoms with van der Waals surface area (Å²) in [6.45, 7) is 4.07. The van der Waals surface area contributed by atoms with Crippen LogP contribution < -0.4 is 15.5 Å². The highest BCUT2D eigenvalue weighted by Crippen LogP contribution is 2.34. The molecule has 4 nitrogen and oxygen atoms in total. The Hall–Kier alpha value is -1.42. The van der Waals surface area contributed by atoms with Gasteiger partial charge in [0.15, 0.2) is 0 Å². The molecular formula is C11H15N3O. The van der Waals surface area contributed by atoms with E-state index >= 15 is 0 Å². The van der Waals surface area contributed by atoms with E-state index in [4.69, 9.17) is 0 Å². The predicted octanol–water partition coefficient (Wildman–Crippen LogP) is 0.596. The smallest absolute Gasteiger partial charge is 0.117 e. The Bertz CT molecular complexity index is 380. The summed E-state index contributed by atoms with van der Waals surface area (Å²) >= 11 is 0. The van der Waals surface area contributed by atoms with Crippen molar-refractivity contribution in [2.75, 3.05) is 36.4 Å². The molecule has 0 amide bonds. The fourth-order valence-electron chi connectivity index (χ4n) is 2.40. The lowest BCUT2D eigenvalue weighted by Crippen LogP contribution is -2.56. The molecule has 0 saturated carbocycles. The molecule has 1 fully saturated rings. The summed E-state index contributed by atoms with van der Waals surface area (Å²) < 4.78 is 0. The summed E-state index contributed by atoms with van der Waals surface area (Å²) in [4.78, 5) is 2.42. The van der Waals surface area contributed by atoms with Crippen molar-refractivity contribution in [2.24, 2.45) is 0 Å². The number of hydrogen-bond donors (Lipinski definition) is 3. The summed E-state index contributed by atoms with van der Waals surface area (Å²) in [5.41, 5.74) is 2.26. The Morgan fingerprint density at radius 1 is 1.33 bits per heavy atom. The van der Waals surface area contributed by atoms with Crippen molar-refractivity contribution in [3.8, 4) is 5.75 Å². The second kappa shape index (κ2) is 3.31. The standard InChI is InChI=1S/C11H15N3O/c15-9-1-2-11-10(5-9)13-7-8-6-12-3-4-14(8)11/h1-2,5,8,12-13,15H,3-4,6-7H2. The highest BCUT2D eigenvalue weighted by atomic mass is 16.3. The van der Waals surface area contributed by atoms with Crippen molar-refractivity contribution in [2.45, 2.75) is 6.04 Å². The minimum absolute atomic E-state index is 0.329. The first-order valence-corrected chi connectivity index (χ1v) is 5.39. The average molecular weight is 205 g/mol. The monoisotopic (exact) mass is 205 g/mol. The van der Waals surface area contributed by atoms with Crippen LogP contribution in [0.4, 0.5) is 11.4 Å². The van der Waals surface area contributed by atoms with Gasteiger partial charge in [0.2, 0.25) is 0 Å². The van der Waals surface area contributed by atoms with Gasteiger partial charge in [0, 0.05) is 32.2 Å². The lowest BCUT2D eigenvalue weighted by atomic mass is 10.1. The van der Waals surface area contributed by atoms with E-state index in [-0.39, 0.29) is 0 Å². The van der Waals surface area contributed by atoms with Gasteiger partial charge in [-0.3, -0.25) is 0 Å². The number of rotatable bonds is 0. The van der Waals surface area contributed by atoms with Crippen molar-refractivity contribution in [3.63, 3.8) is 0 Å². The molecular weight excluding hydrogens is 190 g/mol. The van der Waals surface area contributed by atoms with E-state index in [2.05, 4.69) is 15.5 Å². The summed E-state index contributed by atoms with van der Waals surface area (Å²) in [5, 5.41) is 16.2. The molecule has 3 rings (SSSR count). The summed E-state index contributed by atoms with van der Waals surface area (Å²) in [7, 11) is 0. The fraction of sp³-hybridized carbons (Fsp3) is 0.455. The number of nitrogens with one attached hydrogen (secondary N) is 2. The number of benzene rings is 1. The third-order valence-electron chi connectivity index (χ3n) is 3.17. The molecule has 1 atom stereocenters. The van der Waals surface area contributed by atoms with Crippen LogP contribution in [0.2, 0.25) is 0 Å². The Morgan fingerprint density at radius 2 is 2.27 bits per heavy atom. The molecule has 0 aliphatic carbocycles. The molecule has 80 valence electrons. The quantitative estimate of drug-likeness (QED) is 0.580. The van der Waals surface area contributed by atoms with Crippen LogP contribution >= 0.6 is 0 Å². The minimum atomic E-state index is 0.329. The summed E-state index contributed by atoms with van der Waals surface area (Å²) in [5.74, 6) is 0.329. The minimum Gasteiger partial charge on any atom is -0.508 e. The molecule has 0 spiro atoms. The molecule has 15 heavy (non-hydrogen) atoms. The normalized spacial score (nSPS) is 24.0. The van der Waals surface area contributed by atoms with Crippen LogP contribution in [0.3, 0.4) is 0 Å². The number of phenols is 1. The van der Waals surface area contributed by atoms with Crippen LogP contribution in [0, 0.1) is 0 Å². The maximum absolute atomic E-state index is 9.41. The first-order valence-electron chi connectivity index (χ1n) is 5.39. The highest BCUT2D eigenvalue weighted by molar-refractivity contribution is 5.74. The maximum Gasteiger partial charge on any atom is 0.117 e. The van der Waals surface area contributed by atoms with Gasteiger partial charge in [0.25, 0.3) is 0 Å².